The van der Waals surface area contributed by atoms with Crippen LogP contribution < -0.4 is 10.5 Å². The van der Waals surface area contributed by atoms with Crippen molar-refractivity contribution >= 4 is 11.6 Å². The van der Waals surface area contributed by atoms with E-state index in [4.69, 9.17) is 22.1 Å². The van der Waals surface area contributed by atoms with Crippen LogP contribution in [0.5, 0.6) is 11.6 Å². The van der Waals surface area contributed by atoms with Gasteiger partial charge in [0, 0.05) is 23.7 Å². The fourth-order valence-electron chi connectivity index (χ4n) is 2.03. The molecule has 0 saturated carbocycles. The lowest BCUT2D eigenvalue weighted by Crippen LogP contribution is -2.20. The maximum atomic E-state index is 13.1. The number of hydrogen-bond donors (Lipinski definition) is 1. The molecule has 0 bridgehead atoms. The summed E-state index contributed by atoms with van der Waals surface area (Å²) >= 11 is 5.77. The lowest BCUT2D eigenvalue weighted by Gasteiger charge is -2.11. The van der Waals surface area contributed by atoms with Gasteiger partial charge in [-0.05, 0) is 37.6 Å². The van der Waals surface area contributed by atoms with Crippen molar-refractivity contribution in [1.29, 1.82) is 0 Å². The zero-order chi connectivity index (χ0) is 16.5. The monoisotopic (exact) mass is 333 g/mol. The number of nitrogens with zero attached hydrogens (tertiary/aromatic N) is 2. The van der Waals surface area contributed by atoms with Crippen molar-refractivity contribution in [2.24, 2.45) is 12.8 Å². The van der Waals surface area contributed by atoms with Crippen LogP contribution in [0.4, 0.5) is 13.2 Å². The second-order valence-electron chi connectivity index (χ2n) is 4.99. The van der Waals surface area contributed by atoms with E-state index in [2.05, 4.69) is 5.10 Å². The zero-order valence-corrected chi connectivity index (χ0v) is 12.7. The van der Waals surface area contributed by atoms with E-state index >= 15 is 0 Å². The molecule has 1 heterocycles. The summed E-state index contributed by atoms with van der Waals surface area (Å²) in [6.07, 6.45) is -4.56. The third kappa shape index (κ3) is 3.72. The Balaban J connectivity index is 2.45. The number of alkyl halides is 3. The van der Waals surface area contributed by atoms with Crippen LogP contribution in [0.1, 0.15) is 18.2 Å². The number of rotatable bonds is 4. The molecule has 1 atom stereocenters. The van der Waals surface area contributed by atoms with E-state index in [1.807, 2.05) is 0 Å². The first-order valence-electron chi connectivity index (χ1n) is 6.50. The van der Waals surface area contributed by atoms with Crippen LogP contribution in [0.25, 0.3) is 0 Å². The molecule has 120 valence electrons. The molecule has 1 aromatic heterocycles. The highest BCUT2D eigenvalue weighted by Crippen LogP contribution is 2.37. The summed E-state index contributed by atoms with van der Waals surface area (Å²) in [7, 11) is 1.39. The predicted molar refractivity (Wildman–Crippen MR) is 77.1 cm³/mol. The Morgan fingerprint density at radius 3 is 2.41 bits per heavy atom. The smallest absolute Gasteiger partial charge is 0.435 e. The molecule has 2 N–H and O–H groups in total. The first-order chi connectivity index (χ1) is 10.2. The number of aromatic nitrogens is 2. The van der Waals surface area contributed by atoms with Crippen molar-refractivity contribution in [1.82, 2.24) is 9.78 Å². The lowest BCUT2D eigenvalue weighted by atomic mass is 10.1. The van der Waals surface area contributed by atoms with Gasteiger partial charge in [0.2, 0.25) is 5.88 Å². The van der Waals surface area contributed by atoms with Gasteiger partial charge in [-0.1, -0.05) is 11.6 Å². The second-order valence-corrected chi connectivity index (χ2v) is 5.43. The van der Waals surface area contributed by atoms with Crippen LogP contribution in [-0.2, 0) is 19.6 Å². The minimum absolute atomic E-state index is 0.00556. The van der Waals surface area contributed by atoms with Gasteiger partial charge >= 0.3 is 6.18 Å². The molecule has 0 fully saturated rings. The number of hydrogen-bond acceptors (Lipinski definition) is 3. The second kappa shape index (κ2) is 6.18. The molecular weight excluding hydrogens is 319 g/mol. The molecule has 2 aromatic rings. The summed E-state index contributed by atoms with van der Waals surface area (Å²) in [6.45, 7) is 1.62. The fraction of sp³-hybridized carbons (Fsp3) is 0.357. The van der Waals surface area contributed by atoms with E-state index in [0.29, 0.717) is 10.8 Å². The third-order valence-electron chi connectivity index (χ3n) is 2.91. The molecule has 2 rings (SSSR count). The highest BCUT2D eigenvalue weighted by Gasteiger charge is 2.39. The minimum atomic E-state index is -4.57. The molecule has 22 heavy (non-hydrogen) atoms. The summed E-state index contributed by atoms with van der Waals surface area (Å²) in [5.74, 6) is 0.388. The molecular formula is C14H15ClF3N3O. The maximum absolute atomic E-state index is 13.1. The topological polar surface area (TPSA) is 53.1 Å². The van der Waals surface area contributed by atoms with Crippen molar-refractivity contribution in [2.45, 2.75) is 25.6 Å². The normalized spacial score (nSPS) is 13.2. The Morgan fingerprint density at radius 1 is 1.32 bits per heavy atom. The molecule has 0 amide bonds. The summed E-state index contributed by atoms with van der Waals surface area (Å²) in [5, 5.41) is 4.04. The number of benzene rings is 1. The van der Waals surface area contributed by atoms with Crippen LogP contribution >= 0.6 is 11.6 Å². The largest absolute Gasteiger partial charge is 0.439 e. The van der Waals surface area contributed by atoms with E-state index in [0.717, 1.165) is 4.68 Å². The van der Waals surface area contributed by atoms with Gasteiger partial charge in [0.05, 0.1) is 0 Å². The summed E-state index contributed by atoms with van der Waals surface area (Å²) < 4.78 is 45.9. The molecule has 1 unspecified atom stereocenters. The average Bonchev–Trinajstić information content (AvgIpc) is 2.69. The first kappa shape index (κ1) is 16.6. The summed E-state index contributed by atoms with van der Waals surface area (Å²) in [6, 6.07) is 5.85. The zero-order valence-electron chi connectivity index (χ0n) is 12.0. The van der Waals surface area contributed by atoms with Crippen molar-refractivity contribution < 1.29 is 17.9 Å². The van der Waals surface area contributed by atoms with Crippen molar-refractivity contribution in [3.63, 3.8) is 0 Å². The van der Waals surface area contributed by atoms with E-state index in [-0.39, 0.29) is 17.9 Å². The van der Waals surface area contributed by atoms with Crippen LogP contribution in [0, 0.1) is 0 Å². The summed E-state index contributed by atoms with van der Waals surface area (Å²) in [5.41, 5.74) is 4.62. The molecule has 1 aromatic carbocycles. The van der Waals surface area contributed by atoms with Crippen molar-refractivity contribution in [3.05, 3.63) is 40.5 Å². The Hall–Kier alpha value is -1.73. The fourth-order valence-corrected chi connectivity index (χ4v) is 2.15. The standard InChI is InChI=1S/C14H15ClF3N3O/c1-8(19)7-11-12(14(16,17)18)20-21(2)13(11)22-10-5-3-9(15)4-6-10/h3-6,8H,7,19H2,1-2H3. The SMILES string of the molecule is CC(N)Cc1c(C(F)(F)F)nn(C)c1Oc1ccc(Cl)cc1. The van der Waals surface area contributed by atoms with E-state index in [1.54, 1.807) is 31.2 Å². The number of ether oxygens (including phenoxy) is 1. The van der Waals surface area contributed by atoms with Crippen LogP contribution in [0.2, 0.25) is 5.02 Å². The molecule has 0 spiro atoms. The number of aryl methyl sites for hydroxylation is 1. The average molecular weight is 334 g/mol. The van der Waals surface area contributed by atoms with Gasteiger partial charge in [0.25, 0.3) is 0 Å². The van der Waals surface area contributed by atoms with Gasteiger partial charge in [-0.2, -0.15) is 18.3 Å². The van der Waals surface area contributed by atoms with E-state index < -0.39 is 17.9 Å². The van der Waals surface area contributed by atoms with Gasteiger partial charge in [-0.3, -0.25) is 0 Å². The van der Waals surface area contributed by atoms with E-state index in [9.17, 15) is 13.2 Å². The highest BCUT2D eigenvalue weighted by atomic mass is 35.5. The van der Waals surface area contributed by atoms with Gasteiger partial charge in [-0.25, -0.2) is 4.68 Å². The Labute approximate surface area is 130 Å². The number of halogens is 4. The molecule has 4 nitrogen and oxygen atoms in total. The van der Waals surface area contributed by atoms with Gasteiger partial charge in [0.1, 0.15) is 5.75 Å². The quantitative estimate of drug-likeness (QED) is 0.926. The molecule has 0 aliphatic carbocycles. The summed E-state index contributed by atoms with van der Waals surface area (Å²) in [4.78, 5) is 0. The van der Waals surface area contributed by atoms with Crippen molar-refractivity contribution in [3.8, 4) is 11.6 Å². The van der Waals surface area contributed by atoms with Crippen LogP contribution in [0.15, 0.2) is 24.3 Å². The molecule has 0 aliphatic rings. The highest BCUT2D eigenvalue weighted by molar-refractivity contribution is 6.30. The van der Waals surface area contributed by atoms with Gasteiger partial charge < -0.3 is 10.5 Å². The predicted octanol–water partition coefficient (Wildman–Crippen LogP) is 3.77. The van der Waals surface area contributed by atoms with Crippen LogP contribution in [0.3, 0.4) is 0 Å². The third-order valence-corrected chi connectivity index (χ3v) is 3.16. The first-order valence-corrected chi connectivity index (χ1v) is 6.88. The molecule has 8 heteroatoms. The maximum Gasteiger partial charge on any atom is 0.435 e. The van der Waals surface area contributed by atoms with E-state index in [1.165, 1.54) is 7.05 Å². The molecule has 0 radical (unpaired) electrons. The Bertz CT molecular complexity index is 651. The lowest BCUT2D eigenvalue weighted by molar-refractivity contribution is -0.142. The Kier molecular flexibility index (Phi) is 4.67. The van der Waals surface area contributed by atoms with Gasteiger partial charge in [0.15, 0.2) is 5.69 Å². The Morgan fingerprint density at radius 2 is 1.91 bits per heavy atom. The van der Waals surface area contributed by atoms with Crippen molar-refractivity contribution in [2.75, 3.05) is 0 Å². The molecule has 0 aliphatic heterocycles. The number of nitrogens with two attached hydrogens (primary N) is 1. The minimum Gasteiger partial charge on any atom is -0.439 e. The van der Waals surface area contributed by atoms with Gasteiger partial charge in [-0.15, -0.1) is 0 Å². The van der Waals surface area contributed by atoms with Crippen LogP contribution in [-0.4, -0.2) is 15.8 Å². The molecule has 0 saturated heterocycles.